The monoisotopic (exact) mass is 849 g/mol. The first kappa shape index (κ1) is 45.0. The topological polar surface area (TPSA) is 112 Å². The van der Waals surface area contributed by atoms with Gasteiger partial charge in [-0.2, -0.15) is 0 Å². The zero-order chi connectivity index (χ0) is 43.2. The molecule has 1 aromatic heterocycles. The van der Waals surface area contributed by atoms with Crippen molar-refractivity contribution in [2.24, 2.45) is 11.7 Å². The molecule has 60 heavy (non-hydrogen) atoms. The molecule has 1 aliphatic rings. The summed E-state index contributed by atoms with van der Waals surface area (Å²) in [5, 5.41) is 4.04. The van der Waals surface area contributed by atoms with Crippen LogP contribution in [-0.4, -0.2) is 57.1 Å². The summed E-state index contributed by atoms with van der Waals surface area (Å²) in [6.45, 7) is 19.5. The molecule has 1 aliphatic heterocycles. The van der Waals surface area contributed by atoms with Crippen LogP contribution in [0.1, 0.15) is 83.1 Å². The van der Waals surface area contributed by atoms with Crippen LogP contribution in [0.3, 0.4) is 0 Å². The van der Waals surface area contributed by atoms with Crippen LogP contribution in [0.15, 0.2) is 91.0 Å². The molecule has 0 radical (unpaired) electrons. The lowest BCUT2D eigenvalue weighted by Gasteiger charge is -2.40. The van der Waals surface area contributed by atoms with Crippen LogP contribution in [0.25, 0.3) is 20.5 Å². The van der Waals surface area contributed by atoms with Gasteiger partial charge in [0.15, 0.2) is 8.32 Å². The number of hydrogen-bond acceptors (Lipinski definition) is 9. The predicted molar refractivity (Wildman–Crippen MR) is 247 cm³/mol. The minimum Gasteiger partial charge on any atom is -0.496 e. The Morgan fingerprint density at radius 2 is 1.58 bits per heavy atom. The smallest absolute Gasteiger partial charge is 0.313 e. The molecule has 5 aromatic rings. The molecule has 0 saturated carbocycles. The second-order valence-electron chi connectivity index (χ2n) is 18.5. The Bertz CT molecular complexity index is 2240. The molecule has 2 heterocycles. The number of esters is 1. The van der Waals surface area contributed by atoms with Gasteiger partial charge in [0.25, 0.3) is 0 Å². The maximum atomic E-state index is 13.6. The third-order valence-electron chi connectivity index (χ3n) is 11.5. The lowest BCUT2D eigenvalue weighted by Crippen LogP contribution is -2.51. The van der Waals surface area contributed by atoms with Crippen molar-refractivity contribution in [1.82, 2.24) is 4.90 Å². The summed E-state index contributed by atoms with van der Waals surface area (Å²) in [7, 11) is -0.602. The van der Waals surface area contributed by atoms with Gasteiger partial charge in [-0.25, -0.2) is 0 Å². The molecule has 6 rings (SSSR count). The molecule has 320 valence electrons. The quantitative estimate of drug-likeness (QED) is 0.0573. The van der Waals surface area contributed by atoms with Crippen molar-refractivity contribution in [3.63, 3.8) is 0 Å². The molecule has 0 bridgehead atoms. The number of nitrogens with two attached hydrogens (primary N) is 1. The van der Waals surface area contributed by atoms with Crippen LogP contribution in [0.4, 0.5) is 5.69 Å². The largest absolute Gasteiger partial charge is 0.496 e. The number of anilines is 1. The van der Waals surface area contributed by atoms with Crippen molar-refractivity contribution >= 4 is 47.3 Å². The van der Waals surface area contributed by atoms with Gasteiger partial charge in [-0.15, -0.1) is 11.3 Å². The summed E-state index contributed by atoms with van der Waals surface area (Å²) in [6, 6.07) is 31.0. The van der Waals surface area contributed by atoms with Gasteiger partial charge in [0.2, 0.25) is 5.91 Å². The Kier molecular flexibility index (Phi) is 14.3. The van der Waals surface area contributed by atoms with Crippen molar-refractivity contribution in [2.75, 3.05) is 25.5 Å². The number of benzene rings is 4. The highest BCUT2D eigenvalue weighted by Gasteiger charge is 2.42. The van der Waals surface area contributed by atoms with Gasteiger partial charge in [0.1, 0.15) is 35.9 Å². The average molecular weight is 850 g/mol. The zero-order valence-electron chi connectivity index (χ0n) is 36.9. The summed E-state index contributed by atoms with van der Waals surface area (Å²) in [6.07, 6.45) is 2.03. The lowest BCUT2D eigenvalue weighted by molar-refractivity contribution is -0.164. The van der Waals surface area contributed by atoms with Gasteiger partial charge in [0, 0.05) is 33.8 Å². The van der Waals surface area contributed by atoms with E-state index in [1.165, 1.54) is 34.9 Å². The number of ether oxygens (including phenoxy) is 3. The number of likely N-dealkylation sites (tertiary alicyclic amines) is 1. The fourth-order valence-corrected chi connectivity index (χ4v) is 9.67. The summed E-state index contributed by atoms with van der Waals surface area (Å²) in [4.78, 5) is 30.7. The number of fused-ring (bicyclic) bond motifs is 1. The van der Waals surface area contributed by atoms with E-state index in [2.05, 4.69) is 92.6 Å². The van der Waals surface area contributed by atoms with Crippen LogP contribution < -0.4 is 20.5 Å². The van der Waals surface area contributed by atoms with E-state index in [0.717, 1.165) is 51.8 Å². The predicted octanol–water partition coefficient (Wildman–Crippen LogP) is 10.9. The van der Waals surface area contributed by atoms with Gasteiger partial charge < -0.3 is 29.7 Å². The molecule has 0 spiro atoms. The highest BCUT2D eigenvalue weighted by molar-refractivity contribution is 7.22. The van der Waals surface area contributed by atoms with E-state index in [4.69, 9.17) is 24.4 Å². The maximum absolute atomic E-state index is 13.6. The van der Waals surface area contributed by atoms with Crippen molar-refractivity contribution in [3.05, 3.63) is 113 Å². The fraction of sp³-hybridized carbons (Fsp3) is 0.429. The number of carbonyl (C=O) groups excluding carboxylic acids is 2. The van der Waals surface area contributed by atoms with Gasteiger partial charge in [0.05, 0.1) is 7.11 Å². The van der Waals surface area contributed by atoms with E-state index >= 15 is 0 Å². The van der Waals surface area contributed by atoms with Gasteiger partial charge in [-0.1, -0.05) is 75.4 Å². The molecule has 3 N–H and O–H groups in total. The minimum absolute atomic E-state index is 0.135. The highest BCUT2D eigenvalue weighted by Crippen LogP contribution is 2.42. The molecule has 11 heteroatoms. The molecular weight excluding hydrogens is 787 g/mol. The number of rotatable bonds is 16. The number of thiophene rings is 1. The first-order valence-electron chi connectivity index (χ1n) is 21.1. The van der Waals surface area contributed by atoms with E-state index in [1.54, 1.807) is 39.2 Å². The first-order valence-corrected chi connectivity index (χ1v) is 24.8. The van der Waals surface area contributed by atoms with Crippen molar-refractivity contribution < 1.29 is 28.2 Å². The Hall–Kier alpha value is -4.52. The fourth-order valence-electron chi connectivity index (χ4n) is 7.21. The summed E-state index contributed by atoms with van der Waals surface area (Å²) in [5.41, 5.74) is 12.2. The Morgan fingerprint density at radius 1 is 0.883 bits per heavy atom. The van der Waals surface area contributed by atoms with E-state index in [-0.39, 0.29) is 17.4 Å². The van der Waals surface area contributed by atoms with Crippen LogP contribution in [0, 0.1) is 5.92 Å². The summed E-state index contributed by atoms with van der Waals surface area (Å²) >= 11 is 1.73. The van der Waals surface area contributed by atoms with Gasteiger partial charge >= 0.3 is 5.97 Å². The third kappa shape index (κ3) is 11.6. The van der Waals surface area contributed by atoms with Crippen molar-refractivity contribution in [1.29, 1.82) is 0 Å². The number of amides is 1. The number of nitrogens with one attached hydrogen (secondary N) is 1. The third-order valence-corrected chi connectivity index (χ3v) is 17.2. The van der Waals surface area contributed by atoms with E-state index in [1.807, 2.05) is 42.5 Å². The number of methoxy groups -OCH3 is 1. The zero-order valence-corrected chi connectivity index (χ0v) is 38.7. The molecular formula is C49H63N3O6SSi. The Labute approximate surface area is 361 Å². The number of nitrogens with zero attached hydrogens (tertiary/aromatic N) is 1. The Balaban J connectivity index is 1.25. The molecule has 1 fully saturated rings. The molecule has 1 amide bonds. The molecule has 4 aromatic carbocycles. The van der Waals surface area contributed by atoms with E-state index in [0.29, 0.717) is 18.7 Å². The van der Waals surface area contributed by atoms with E-state index in [9.17, 15) is 9.59 Å². The molecule has 1 saturated heterocycles. The SMILES string of the molecule is COc1cc(Cc2c(-c3ccc(NC(=O)C[C@@H](C(=O)OC(C)(C)C)C(N)O[Si](C)(C)C(C)(C)C)cc3)sc3cc(OCc4ccccc4)ccc23)ccc1CN1CCCC1. The normalized spacial score (nSPS) is 14.8. The molecule has 0 aliphatic carbocycles. The average Bonchev–Trinajstić information content (AvgIpc) is 3.83. The molecule has 1 unspecified atom stereocenters. The van der Waals surface area contributed by atoms with Crippen LogP contribution in [-0.2, 0) is 38.3 Å². The summed E-state index contributed by atoms with van der Waals surface area (Å²) < 4.78 is 25.4. The summed E-state index contributed by atoms with van der Waals surface area (Å²) in [5.74, 6) is -0.146. The molecule has 2 atom stereocenters. The first-order chi connectivity index (χ1) is 28.4. The number of carbonyl (C=O) groups is 2. The van der Waals surface area contributed by atoms with E-state index < -0.39 is 32.0 Å². The van der Waals surface area contributed by atoms with Crippen LogP contribution in [0.5, 0.6) is 11.5 Å². The highest BCUT2D eigenvalue weighted by atomic mass is 32.1. The Morgan fingerprint density at radius 3 is 2.23 bits per heavy atom. The second-order valence-corrected chi connectivity index (χ2v) is 24.3. The van der Waals surface area contributed by atoms with Gasteiger partial charge in [-0.3, -0.25) is 14.5 Å². The molecule has 9 nitrogen and oxygen atoms in total. The van der Waals surface area contributed by atoms with Gasteiger partial charge in [-0.05, 0) is 135 Å². The lowest BCUT2D eigenvalue weighted by atomic mass is 9.97. The standard InChI is InChI=1S/C49H63N3O6SSi/c1-48(2,3)57-47(54)41(46(50)58-60(8,9)49(4,5)6)30-44(53)51-37-21-19-35(20-22-37)45-40(27-34-17-18-36(42(28-34)55-7)31-52-25-13-14-26-52)39-24-23-38(29-43(39)59-45)56-32-33-15-11-10-12-16-33/h10-12,15-24,28-29,41,46H,13-14,25-27,30-32,50H2,1-9H3,(H,51,53)/t41-,46?/m1/s1. The maximum Gasteiger partial charge on any atom is 0.313 e. The minimum atomic E-state index is -2.36. The van der Waals surface area contributed by atoms with Crippen molar-refractivity contribution in [2.45, 2.75) is 110 Å². The van der Waals surface area contributed by atoms with Crippen molar-refractivity contribution in [3.8, 4) is 21.9 Å². The van der Waals surface area contributed by atoms with Crippen LogP contribution >= 0.6 is 11.3 Å². The van der Waals surface area contributed by atoms with Crippen LogP contribution in [0.2, 0.25) is 18.1 Å². The second kappa shape index (κ2) is 19.0. The number of hydrogen-bond donors (Lipinski definition) is 2.